The lowest BCUT2D eigenvalue weighted by Gasteiger charge is -1.98. The summed E-state index contributed by atoms with van der Waals surface area (Å²) in [5.41, 5.74) is 2.77. The molecule has 0 fully saturated rings. The molecule has 2 heterocycles. The average molecular weight is 265 g/mol. The number of benzene rings is 2. The molecule has 1 aromatic heterocycles. The lowest BCUT2D eigenvalue weighted by atomic mass is 10.1. The van der Waals surface area contributed by atoms with Crippen LogP contribution in [0.5, 0.6) is 11.5 Å². The second kappa shape index (κ2) is 4.42. The Balaban J connectivity index is 1.72. The molecule has 4 rings (SSSR count). The molecule has 0 amide bonds. The summed E-state index contributed by atoms with van der Waals surface area (Å²) in [7, 11) is 0. The number of hydrogen-bond donors (Lipinski definition) is 0. The molecule has 0 spiro atoms. The van der Waals surface area contributed by atoms with Gasteiger partial charge in [-0.2, -0.15) is 0 Å². The predicted octanol–water partition coefficient (Wildman–Crippen LogP) is 3.74. The van der Waals surface area contributed by atoms with Crippen molar-refractivity contribution in [1.29, 1.82) is 0 Å². The molecule has 1 aliphatic heterocycles. The molecule has 0 N–H and O–H groups in total. The van der Waals surface area contributed by atoms with Crippen LogP contribution in [0.25, 0.3) is 22.6 Å². The van der Waals surface area contributed by atoms with E-state index in [4.69, 9.17) is 14.0 Å². The largest absolute Gasteiger partial charge is 0.454 e. The molecule has 1 aliphatic rings. The number of rotatable bonds is 2. The van der Waals surface area contributed by atoms with Crippen molar-refractivity contribution in [1.82, 2.24) is 5.16 Å². The molecular weight excluding hydrogens is 254 g/mol. The van der Waals surface area contributed by atoms with Gasteiger partial charge in [-0.05, 0) is 18.2 Å². The van der Waals surface area contributed by atoms with Gasteiger partial charge in [0.15, 0.2) is 17.3 Å². The Labute approximate surface area is 115 Å². The SMILES string of the molecule is c1ccc(-c2cc(-c3ccc4c(c3)OCO4)on2)cc1. The van der Waals surface area contributed by atoms with Gasteiger partial charge in [-0.1, -0.05) is 35.5 Å². The van der Waals surface area contributed by atoms with Crippen molar-refractivity contribution in [2.45, 2.75) is 0 Å². The van der Waals surface area contributed by atoms with Gasteiger partial charge < -0.3 is 14.0 Å². The van der Waals surface area contributed by atoms with E-state index in [9.17, 15) is 0 Å². The number of hydrogen-bond acceptors (Lipinski definition) is 4. The van der Waals surface area contributed by atoms with Crippen molar-refractivity contribution >= 4 is 0 Å². The van der Waals surface area contributed by atoms with E-state index in [2.05, 4.69) is 5.16 Å². The first kappa shape index (κ1) is 11.1. The van der Waals surface area contributed by atoms with Crippen LogP contribution in [0, 0.1) is 0 Å². The van der Waals surface area contributed by atoms with E-state index in [1.165, 1.54) is 0 Å². The van der Waals surface area contributed by atoms with Gasteiger partial charge in [0.2, 0.25) is 6.79 Å². The predicted molar refractivity (Wildman–Crippen MR) is 73.5 cm³/mol. The van der Waals surface area contributed by atoms with Crippen molar-refractivity contribution in [2.24, 2.45) is 0 Å². The summed E-state index contributed by atoms with van der Waals surface area (Å²) in [5, 5.41) is 4.11. The van der Waals surface area contributed by atoms with Crippen LogP contribution in [-0.2, 0) is 0 Å². The van der Waals surface area contributed by atoms with Gasteiger partial charge in [-0.15, -0.1) is 0 Å². The maximum absolute atomic E-state index is 5.42. The fourth-order valence-corrected chi connectivity index (χ4v) is 2.21. The molecule has 0 radical (unpaired) electrons. The molecule has 0 aliphatic carbocycles. The number of aromatic nitrogens is 1. The molecular formula is C16H11NO3. The van der Waals surface area contributed by atoms with Crippen molar-refractivity contribution < 1.29 is 14.0 Å². The third-order valence-electron chi connectivity index (χ3n) is 3.24. The third kappa shape index (κ3) is 1.82. The van der Waals surface area contributed by atoms with Crippen molar-refractivity contribution in [3.8, 4) is 34.1 Å². The molecule has 0 unspecified atom stereocenters. The minimum Gasteiger partial charge on any atom is -0.454 e. The van der Waals surface area contributed by atoms with Gasteiger partial charge in [0.05, 0.1) is 0 Å². The maximum atomic E-state index is 5.42. The summed E-state index contributed by atoms with van der Waals surface area (Å²) < 4.78 is 16.1. The molecule has 0 atom stereocenters. The van der Waals surface area contributed by atoms with Gasteiger partial charge in [0.1, 0.15) is 5.69 Å². The van der Waals surface area contributed by atoms with Crippen LogP contribution < -0.4 is 9.47 Å². The first-order chi connectivity index (χ1) is 9.90. The van der Waals surface area contributed by atoms with Gasteiger partial charge in [0, 0.05) is 17.2 Å². The molecule has 0 saturated carbocycles. The zero-order valence-electron chi connectivity index (χ0n) is 10.6. The van der Waals surface area contributed by atoms with Crippen LogP contribution in [0.1, 0.15) is 0 Å². The van der Waals surface area contributed by atoms with Crippen LogP contribution in [0.4, 0.5) is 0 Å². The minimum absolute atomic E-state index is 0.268. The molecule has 4 heteroatoms. The van der Waals surface area contributed by atoms with Crippen LogP contribution in [0.3, 0.4) is 0 Å². The van der Waals surface area contributed by atoms with Crippen LogP contribution in [0.15, 0.2) is 59.1 Å². The highest BCUT2D eigenvalue weighted by atomic mass is 16.7. The van der Waals surface area contributed by atoms with E-state index in [1.54, 1.807) is 0 Å². The Bertz CT molecular complexity index is 749. The second-order valence-electron chi connectivity index (χ2n) is 4.51. The normalized spacial score (nSPS) is 12.6. The van der Waals surface area contributed by atoms with E-state index in [1.807, 2.05) is 54.6 Å². The highest BCUT2D eigenvalue weighted by Gasteiger charge is 2.16. The fourth-order valence-electron chi connectivity index (χ4n) is 2.21. The van der Waals surface area contributed by atoms with Crippen LogP contribution in [0.2, 0.25) is 0 Å². The van der Waals surface area contributed by atoms with Gasteiger partial charge in [-0.3, -0.25) is 0 Å². The van der Waals surface area contributed by atoms with Gasteiger partial charge in [0.25, 0.3) is 0 Å². The highest BCUT2D eigenvalue weighted by Crippen LogP contribution is 2.36. The third-order valence-corrected chi connectivity index (χ3v) is 3.24. The molecule has 0 bridgehead atoms. The average Bonchev–Trinajstić information content (AvgIpc) is 3.16. The van der Waals surface area contributed by atoms with E-state index in [0.29, 0.717) is 5.76 Å². The summed E-state index contributed by atoms with van der Waals surface area (Å²) in [4.78, 5) is 0. The zero-order chi connectivity index (χ0) is 13.4. The summed E-state index contributed by atoms with van der Waals surface area (Å²) >= 11 is 0. The first-order valence-corrected chi connectivity index (χ1v) is 6.32. The summed E-state index contributed by atoms with van der Waals surface area (Å²) in [6.45, 7) is 0.268. The van der Waals surface area contributed by atoms with Gasteiger partial charge in [-0.25, -0.2) is 0 Å². The standard InChI is InChI=1S/C16H11NO3/c1-2-4-11(5-3-1)13-9-15(20-17-13)12-6-7-14-16(8-12)19-10-18-14/h1-9H,10H2. The first-order valence-electron chi connectivity index (χ1n) is 6.32. The summed E-state index contributed by atoms with van der Waals surface area (Å²) in [6, 6.07) is 17.6. The molecule has 98 valence electrons. The number of fused-ring (bicyclic) bond motifs is 1. The molecule has 3 aromatic rings. The Morgan fingerprint density at radius 2 is 1.65 bits per heavy atom. The van der Waals surface area contributed by atoms with Crippen molar-refractivity contribution in [3.63, 3.8) is 0 Å². The quantitative estimate of drug-likeness (QED) is 0.708. The van der Waals surface area contributed by atoms with E-state index >= 15 is 0 Å². The smallest absolute Gasteiger partial charge is 0.231 e. The molecule has 4 nitrogen and oxygen atoms in total. The topological polar surface area (TPSA) is 44.5 Å². The van der Waals surface area contributed by atoms with E-state index < -0.39 is 0 Å². The Morgan fingerprint density at radius 1 is 0.800 bits per heavy atom. The Hall–Kier alpha value is -2.75. The van der Waals surface area contributed by atoms with Crippen LogP contribution in [-0.4, -0.2) is 11.9 Å². The Morgan fingerprint density at radius 3 is 2.55 bits per heavy atom. The van der Waals surface area contributed by atoms with Gasteiger partial charge >= 0.3 is 0 Å². The molecule has 0 saturated heterocycles. The zero-order valence-corrected chi connectivity index (χ0v) is 10.6. The number of nitrogens with zero attached hydrogens (tertiary/aromatic N) is 1. The lowest BCUT2D eigenvalue weighted by Crippen LogP contribution is -1.92. The molecule has 2 aromatic carbocycles. The second-order valence-corrected chi connectivity index (χ2v) is 4.51. The number of ether oxygens (including phenoxy) is 2. The minimum atomic E-state index is 0.268. The van der Waals surface area contributed by atoms with E-state index in [0.717, 1.165) is 28.3 Å². The summed E-state index contributed by atoms with van der Waals surface area (Å²) in [5.74, 6) is 2.21. The van der Waals surface area contributed by atoms with E-state index in [-0.39, 0.29) is 6.79 Å². The lowest BCUT2D eigenvalue weighted by molar-refractivity contribution is 0.174. The fraction of sp³-hybridized carbons (Fsp3) is 0.0625. The highest BCUT2D eigenvalue weighted by molar-refractivity contribution is 5.68. The Kier molecular flexibility index (Phi) is 2.45. The summed E-state index contributed by atoms with van der Waals surface area (Å²) in [6.07, 6.45) is 0. The van der Waals surface area contributed by atoms with Crippen molar-refractivity contribution in [2.75, 3.05) is 6.79 Å². The maximum Gasteiger partial charge on any atom is 0.231 e. The molecule has 20 heavy (non-hydrogen) atoms. The van der Waals surface area contributed by atoms with Crippen molar-refractivity contribution in [3.05, 3.63) is 54.6 Å². The van der Waals surface area contributed by atoms with Crippen LogP contribution >= 0.6 is 0 Å². The monoisotopic (exact) mass is 265 g/mol.